The highest BCUT2D eigenvalue weighted by atomic mass is 32.2. The molecule has 1 amide bonds. The largest absolute Gasteiger partial charge is 0.496 e. The quantitative estimate of drug-likeness (QED) is 0.851. The number of rotatable bonds is 3. The molecule has 0 spiro atoms. The molecular formula is C17H24N2O5S. The lowest BCUT2D eigenvalue weighted by molar-refractivity contribution is -0.125. The van der Waals surface area contributed by atoms with Crippen LogP contribution >= 0.6 is 0 Å². The topological polar surface area (TPSA) is 84.9 Å². The minimum Gasteiger partial charge on any atom is -0.496 e. The molecule has 2 aliphatic rings. The molecule has 2 bridgehead atoms. The number of amides is 1. The number of sulfonamides is 1. The van der Waals surface area contributed by atoms with Crippen molar-refractivity contribution in [3.05, 3.63) is 22.8 Å². The smallest absolute Gasteiger partial charge is 0.243 e. The summed E-state index contributed by atoms with van der Waals surface area (Å²) in [4.78, 5) is 12.4. The predicted octanol–water partition coefficient (Wildman–Crippen LogP) is 0.756. The summed E-state index contributed by atoms with van der Waals surface area (Å²) in [5.41, 5.74) is 2.26. The molecule has 0 aliphatic carbocycles. The first kappa shape index (κ1) is 18.2. The van der Waals surface area contributed by atoms with Crippen LogP contribution in [0.25, 0.3) is 0 Å². The summed E-state index contributed by atoms with van der Waals surface area (Å²) in [6.45, 7) is 6.40. The minimum atomic E-state index is -3.72. The van der Waals surface area contributed by atoms with Crippen LogP contribution in [0, 0.1) is 26.7 Å². The van der Waals surface area contributed by atoms with Crippen LogP contribution in [0.2, 0.25) is 0 Å². The number of methoxy groups -OCH3 is 1. The Balaban J connectivity index is 2.04. The van der Waals surface area contributed by atoms with Gasteiger partial charge in [0.25, 0.3) is 0 Å². The molecule has 0 unspecified atom stereocenters. The third kappa shape index (κ3) is 3.14. The lowest BCUT2D eigenvalue weighted by Crippen LogP contribution is -2.44. The monoisotopic (exact) mass is 368 g/mol. The minimum absolute atomic E-state index is 0.133. The highest BCUT2D eigenvalue weighted by Gasteiger charge is 2.39. The van der Waals surface area contributed by atoms with E-state index in [9.17, 15) is 13.2 Å². The van der Waals surface area contributed by atoms with Crippen LogP contribution in [0.5, 0.6) is 5.75 Å². The van der Waals surface area contributed by atoms with E-state index in [0.29, 0.717) is 17.9 Å². The van der Waals surface area contributed by atoms with E-state index in [4.69, 9.17) is 9.47 Å². The van der Waals surface area contributed by atoms with Crippen LogP contribution < -0.4 is 10.1 Å². The molecular weight excluding hydrogens is 344 g/mol. The van der Waals surface area contributed by atoms with E-state index in [1.54, 1.807) is 20.1 Å². The maximum atomic E-state index is 13.3. The number of fused-ring (bicyclic) bond motifs is 3. The molecule has 2 heterocycles. The highest BCUT2D eigenvalue weighted by molar-refractivity contribution is 7.89. The van der Waals surface area contributed by atoms with Crippen molar-refractivity contribution in [3.8, 4) is 5.75 Å². The van der Waals surface area contributed by atoms with Gasteiger partial charge in [0, 0.05) is 13.1 Å². The number of nitrogens with one attached hydrogen (secondary N) is 1. The second-order valence-corrected chi connectivity index (χ2v) is 8.64. The van der Waals surface area contributed by atoms with Crippen LogP contribution in [0.1, 0.15) is 16.7 Å². The van der Waals surface area contributed by atoms with Gasteiger partial charge in [-0.25, -0.2) is 8.42 Å². The zero-order valence-corrected chi connectivity index (χ0v) is 15.8. The van der Waals surface area contributed by atoms with Crippen LogP contribution in [-0.4, -0.2) is 58.1 Å². The Bertz CT molecular complexity index is 806. The molecule has 25 heavy (non-hydrogen) atoms. The summed E-state index contributed by atoms with van der Waals surface area (Å²) in [6, 6.07) is 1.33. The lowest BCUT2D eigenvalue weighted by atomic mass is 10.1. The van der Waals surface area contributed by atoms with Gasteiger partial charge in [-0.15, -0.1) is 0 Å². The van der Waals surface area contributed by atoms with Gasteiger partial charge < -0.3 is 14.8 Å². The Morgan fingerprint density at radius 1 is 1.20 bits per heavy atom. The Morgan fingerprint density at radius 3 is 2.60 bits per heavy atom. The maximum absolute atomic E-state index is 13.3. The molecule has 7 nitrogen and oxygen atoms in total. The zero-order valence-electron chi connectivity index (χ0n) is 15.0. The Labute approximate surface area is 148 Å². The molecule has 2 atom stereocenters. The standard InChI is InChI=1S/C17H24N2O5S/c1-10-5-15(11(2)12(3)16(10)23-4)25(21,22)19-6-13-8-24-9-14(7-19)18-17(13)20/h5,13-14H,6-9H2,1-4H3,(H,18,20)/t13-,14+/m1/s1. The Morgan fingerprint density at radius 2 is 1.92 bits per heavy atom. The molecule has 0 radical (unpaired) electrons. The third-order valence-electron chi connectivity index (χ3n) is 5.00. The van der Waals surface area contributed by atoms with Gasteiger partial charge in [-0.3, -0.25) is 4.79 Å². The SMILES string of the molecule is COc1c(C)cc(S(=O)(=O)N2C[C@H]3COC[C@@H](C2)C(=O)N3)c(C)c1C. The van der Waals surface area contributed by atoms with E-state index in [1.165, 1.54) is 4.31 Å². The molecule has 2 aliphatic heterocycles. The first-order valence-electron chi connectivity index (χ1n) is 8.28. The van der Waals surface area contributed by atoms with E-state index in [2.05, 4.69) is 5.32 Å². The molecule has 1 N–H and O–H groups in total. The molecule has 1 aromatic rings. The number of hydrogen-bond acceptors (Lipinski definition) is 5. The zero-order chi connectivity index (χ0) is 18.4. The summed E-state index contributed by atoms with van der Waals surface area (Å²) in [5, 5.41) is 2.86. The summed E-state index contributed by atoms with van der Waals surface area (Å²) >= 11 is 0. The van der Waals surface area contributed by atoms with Gasteiger partial charge in [-0.2, -0.15) is 4.31 Å². The average Bonchev–Trinajstić information content (AvgIpc) is 2.80. The number of benzene rings is 1. The molecule has 0 saturated carbocycles. The normalized spacial score (nSPS) is 24.6. The van der Waals surface area contributed by atoms with E-state index in [-0.39, 0.29) is 36.5 Å². The van der Waals surface area contributed by atoms with Gasteiger partial charge in [0.05, 0.1) is 37.2 Å². The summed E-state index contributed by atoms with van der Waals surface area (Å²) in [5.74, 6) is 0.0801. The molecule has 8 heteroatoms. The van der Waals surface area contributed by atoms with Crippen molar-refractivity contribution in [2.45, 2.75) is 31.7 Å². The lowest BCUT2D eigenvalue weighted by Gasteiger charge is -2.28. The second-order valence-electron chi connectivity index (χ2n) is 6.74. The van der Waals surface area contributed by atoms with Crippen molar-refractivity contribution in [3.63, 3.8) is 0 Å². The van der Waals surface area contributed by atoms with Gasteiger partial charge in [0.15, 0.2) is 0 Å². The summed E-state index contributed by atoms with van der Waals surface area (Å²) in [7, 11) is -2.14. The van der Waals surface area contributed by atoms with Crippen LogP contribution in [0.3, 0.4) is 0 Å². The third-order valence-corrected chi connectivity index (χ3v) is 6.96. The highest BCUT2D eigenvalue weighted by Crippen LogP contribution is 2.33. The number of hydrogen-bond donors (Lipinski definition) is 1. The van der Waals surface area contributed by atoms with E-state index in [0.717, 1.165) is 11.1 Å². The van der Waals surface area contributed by atoms with Crippen LogP contribution in [0.4, 0.5) is 0 Å². The van der Waals surface area contributed by atoms with Crippen molar-refractivity contribution in [1.82, 2.24) is 9.62 Å². The first-order valence-corrected chi connectivity index (χ1v) is 9.72. The van der Waals surface area contributed by atoms with E-state index >= 15 is 0 Å². The molecule has 1 aromatic carbocycles. The van der Waals surface area contributed by atoms with E-state index < -0.39 is 15.9 Å². The summed E-state index contributed by atoms with van der Waals surface area (Å²) in [6.07, 6.45) is 0. The molecule has 3 rings (SSSR count). The fourth-order valence-corrected chi connectivity index (χ4v) is 5.42. The van der Waals surface area contributed by atoms with Gasteiger partial charge in [0.1, 0.15) is 5.75 Å². The number of nitrogens with zero attached hydrogens (tertiary/aromatic N) is 1. The van der Waals surface area contributed by atoms with Gasteiger partial charge in [0.2, 0.25) is 15.9 Å². The molecule has 138 valence electrons. The number of ether oxygens (including phenoxy) is 2. The Kier molecular flexibility index (Phi) is 4.78. The number of aryl methyl sites for hydroxylation is 1. The maximum Gasteiger partial charge on any atom is 0.243 e. The first-order chi connectivity index (χ1) is 11.8. The fourth-order valence-electron chi connectivity index (χ4n) is 3.53. The second kappa shape index (κ2) is 6.59. The van der Waals surface area contributed by atoms with Crippen LogP contribution in [-0.2, 0) is 19.6 Å². The number of carbonyl (C=O) groups is 1. The molecule has 2 fully saturated rings. The fraction of sp³-hybridized carbons (Fsp3) is 0.588. The van der Waals surface area contributed by atoms with E-state index in [1.807, 2.05) is 13.8 Å². The number of carbonyl (C=O) groups excluding carboxylic acids is 1. The van der Waals surface area contributed by atoms with Crippen molar-refractivity contribution in [2.75, 3.05) is 33.4 Å². The average molecular weight is 368 g/mol. The van der Waals surface area contributed by atoms with Crippen molar-refractivity contribution < 1.29 is 22.7 Å². The van der Waals surface area contributed by atoms with Gasteiger partial charge >= 0.3 is 0 Å². The molecule has 0 aromatic heterocycles. The van der Waals surface area contributed by atoms with Gasteiger partial charge in [-0.05, 0) is 43.5 Å². The summed E-state index contributed by atoms with van der Waals surface area (Å²) < 4.78 is 38.9. The van der Waals surface area contributed by atoms with Gasteiger partial charge in [-0.1, -0.05) is 0 Å². The van der Waals surface area contributed by atoms with Crippen molar-refractivity contribution in [2.24, 2.45) is 5.92 Å². The molecule has 2 saturated heterocycles. The van der Waals surface area contributed by atoms with Crippen molar-refractivity contribution in [1.29, 1.82) is 0 Å². The Hall–Kier alpha value is -1.64. The van der Waals surface area contributed by atoms with Crippen LogP contribution in [0.15, 0.2) is 11.0 Å². The van der Waals surface area contributed by atoms with Crippen molar-refractivity contribution >= 4 is 15.9 Å². The predicted molar refractivity (Wildman–Crippen MR) is 92.2 cm³/mol.